The van der Waals surface area contributed by atoms with Crippen molar-refractivity contribution < 1.29 is 4.79 Å². The molecule has 1 aromatic rings. The van der Waals surface area contributed by atoms with E-state index in [1.54, 1.807) is 0 Å². The van der Waals surface area contributed by atoms with E-state index in [9.17, 15) is 4.79 Å². The van der Waals surface area contributed by atoms with Gasteiger partial charge >= 0.3 is 0 Å². The van der Waals surface area contributed by atoms with Crippen LogP contribution in [0.2, 0.25) is 5.02 Å². The maximum atomic E-state index is 11.2. The molecule has 0 aliphatic heterocycles. The minimum atomic E-state index is 0.368. The van der Waals surface area contributed by atoms with E-state index < -0.39 is 0 Å². The highest BCUT2D eigenvalue weighted by Crippen LogP contribution is 2.26. The zero-order valence-corrected chi connectivity index (χ0v) is 9.99. The van der Waals surface area contributed by atoms with E-state index in [-0.39, 0.29) is 0 Å². The van der Waals surface area contributed by atoms with Crippen molar-refractivity contribution in [3.05, 3.63) is 29.3 Å². The molecule has 16 heavy (non-hydrogen) atoms. The van der Waals surface area contributed by atoms with Gasteiger partial charge in [-0.15, -0.1) is 0 Å². The number of halogens is 1. The largest absolute Gasteiger partial charge is 0.312 e. The van der Waals surface area contributed by atoms with Crippen molar-refractivity contribution in [1.29, 1.82) is 0 Å². The van der Waals surface area contributed by atoms with Crippen molar-refractivity contribution in [1.82, 2.24) is 0 Å². The van der Waals surface area contributed by atoms with Crippen molar-refractivity contribution >= 4 is 23.7 Å². The molecular weight excluding hydrogens is 222 g/mol. The second-order valence-electron chi connectivity index (χ2n) is 4.28. The second-order valence-corrected chi connectivity index (χ2v) is 4.72. The number of rotatable bonds is 3. The molecule has 3 heteroatoms. The Morgan fingerprint density at radius 2 is 1.75 bits per heavy atom. The monoisotopic (exact) mass is 237 g/mol. The Kier molecular flexibility index (Phi) is 3.83. The molecule has 1 fully saturated rings. The van der Waals surface area contributed by atoms with Gasteiger partial charge in [-0.05, 0) is 37.1 Å². The number of hydrogen-bond acceptors (Lipinski definition) is 1. The summed E-state index contributed by atoms with van der Waals surface area (Å²) in [4.78, 5) is 13.0. The van der Waals surface area contributed by atoms with E-state index >= 15 is 0 Å². The van der Waals surface area contributed by atoms with E-state index in [2.05, 4.69) is 0 Å². The van der Waals surface area contributed by atoms with E-state index in [1.807, 2.05) is 29.2 Å². The molecule has 1 aromatic carbocycles. The molecule has 0 spiro atoms. The van der Waals surface area contributed by atoms with Crippen LogP contribution in [-0.4, -0.2) is 12.5 Å². The molecule has 0 aromatic heterocycles. The maximum absolute atomic E-state index is 11.2. The number of carbonyl (C=O) groups is 1. The Morgan fingerprint density at radius 3 is 2.31 bits per heavy atom. The number of nitrogens with zero attached hydrogens (tertiary/aromatic N) is 1. The Balaban J connectivity index is 2.14. The molecule has 0 bridgehead atoms. The van der Waals surface area contributed by atoms with Gasteiger partial charge in [0, 0.05) is 16.8 Å². The molecule has 0 saturated heterocycles. The summed E-state index contributed by atoms with van der Waals surface area (Å²) in [5, 5.41) is 0.707. The minimum absolute atomic E-state index is 0.368. The topological polar surface area (TPSA) is 20.3 Å². The molecule has 86 valence electrons. The second kappa shape index (κ2) is 5.35. The predicted octanol–water partition coefficient (Wildman–Crippen LogP) is 3.64. The number of anilines is 1. The van der Waals surface area contributed by atoms with Gasteiger partial charge in [-0.1, -0.05) is 30.9 Å². The quantitative estimate of drug-likeness (QED) is 0.735. The van der Waals surface area contributed by atoms with Crippen LogP contribution in [0.4, 0.5) is 5.69 Å². The van der Waals surface area contributed by atoms with Crippen LogP contribution in [0.5, 0.6) is 0 Å². The van der Waals surface area contributed by atoms with Gasteiger partial charge in [-0.25, -0.2) is 0 Å². The highest BCUT2D eigenvalue weighted by molar-refractivity contribution is 6.30. The van der Waals surface area contributed by atoms with Crippen LogP contribution < -0.4 is 4.90 Å². The Hall–Kier alpha value is -1.02. The third kappa shape index (κ3) is 2.56. The van der Waals surface area contributed by atoms with Gasteiger partial charge in [0.1, 0.15) is 0 Å². The highest BCUT2D eigenvalue weighted by Gasteiger charge is 2.20. The van der Waals surface area contributed by atoms with Gasteiger partial charge in [0.05, 0.1) is 0 Å². The summed E-state index contributed by atoms with van der Waals surface area (Å²) < 4.78 is 0. The Morgan fingerprint density at radius 1 is 1.12 bits per heavy atom. The molecule has 0 heterocycles. The first kappa shape index (κ1) is 11.5. The summed E-state index contributed by atoms with van der Waals surface area (Å²) in [5.41, 5.74) is 0.950. The molecule has 0 radical (unpaired) electrons. The molecule has 2 rings (SSSR count). The first-order valence-electron chi connectivity index (χ1n) is 5.80. The first-order valence-corrected chi connectivity index (χ1v) is 6.18. The van der Waals surface area contributed by atoms with Gasteiger partial charge in [-0.2, -0.15) is 0 Å². The summed E-state index contributed by atoms with van der Waals surface area (Å²) in [6, 6.07) is 7.84. The van der Waals surface area contributed by atoms with Crippen LogP contribution in [0.3, 0.4) is 0 Å². The third-order valence-corrected chi connectivity index (χ3v) is 3.46. The standard InChI is InChI=1S/C13H16ClNO/c14-11-6-8-13(9-7-11)15(10-16)12-4-2-1-3-5-12/h6-10,12H,1-5H2. The van der Waals surface area contributed by atoms with E-state index in [1.165, 1.54) is 19.3 Å². The molecule has 0 unspecified atom stereocenters. The molecule has 0 atom stereocenters. The van der Waals surface area contributed by atoms with Gasteiger partial charge in [0.2, 0.25) is 6.41 Å². The Bertz CT molecular complexity index is 343. The lowest BCUT2D eigenvalue weighted by Gasteiger charge is -2.31. The summed E-state index contributed by atoms with van der Waals surface area (Å²) >= 11 is 5.84. The smallest absolute Gasteiger partial charge is 0.214 e. The lowest BCUT2D eigenvalue weighted by Crippen LogP contribution is -2.35. The SMILES string of the molecule is O=CN(c1ccc(Cl)cc1)C1CCCCC1. The average Bonchev–Trinajstić information content (AvgIpc) is 2.34. The van der Waals surface area contributed by atoms with Crippen LogP contribution in [0, 0.1) is 0 Å². The summed E-state index contributed by atoms with van der Waals surface area (Å²) in [6.07, 6.45) is 6.91. The van der Waals surface area contributed by atoms with Crippen LogP contribution in [0.1, 0.15) is 32.1 Å². The molecule has 1 aliphatic carbocycles. The van der Waals surface area contributed by atoms with E-state index in [0.717, 1.165) is 24.9 Å². The normalized spacial score (nSPS) is 17.1. The molecule has 1 aliphatic rings. The van der Waals surface area contributed by atoms with Crippen LogP contribution in [0.25, 0.3) is 0 Å². The Labute approximate surface area is 101 Å². The van der Waals surface area contributed by atoms with Gasteiger partial charge in [-0.3, -0.25) is 4.79 Å². The van der Waals surface area contributed by atoms with Crippen molar-refractivity contribution in [2.24, 2.45) is 0 Å². The van der Waals surface area contributed by atoms with Gasteiger partial charge in [0.15, 0.2) is 0 Å². The number of amides is 1. The predicted molar refractivity (Wildman–Crippen MR) is 66.9 cm³/mol. The molecule has 0 N–H and O–H groups in total. The summed E-state index contributed by atoms with van der Waals surface area (Å²) in [7, 11) is 0. The fourth-order valence-corrected chi connectivity index (χ4v) is 2.46. The van der Waals surface area contributed by atoms with Crippen LogP contribution >= 0.6 is 11.6 Å². The van der Waals surface area contributed by atoms with Crippen molar-refractivity contribution in [3.63, 3.8) is 0 Å². The number of carbonyl (C=O) groups excluding carboxylic acids is 1. The number of benzene rings is 1. The summed E-state index contributed by atoms with van der Waals surface area (Å²) in [6.45, 7) is 0. The molecule has 1 saturated carbocycles. The maximum Gasteiger partial charge on any atom is 0.214 e. The minimum Gasteiger partial charge on any atom is -0.312 e. The van der Waals surface area contributed by atoms with Crippen molar-refractivity contribution in [2.45, 2.75) is 38.1 Å². The lowest BCUT2D eigenvalue weighted by molar-refractivity contribution is -0.108. The zero-order chi connectivity index (χ0) is 11.4. The first-order chi connectivity index (χ1) is 7.81. The molecule has 2 nitrogen and oxygen atoms in total. The van der Waals surface area contributed by atoms with Gasteiger partial charge in [0.25, 0.3) is 0 Å². The highest BCUT2D eigenvalue weighted by atomic mass is 35.5. The fraction of sp³-hybridized carbons (Fsp3) is 0.462. The van der Waals surface area contributed by atoms with Gasteiger partial charge < -0.3 is 4.90 Å². The van der Waals surface area contributed by atoms with Crippen LogP contribution in [0.15, 0.2) is 24.3 Å². The zero-order valence-electron chi connectivity index (χ0n) is 9.23. The third-order valence-electron chi connectivity index (χ3n) is 3.21. The van der Waals surface area contributed by atoms with Crippen LogP contribution in [-0.2, 0) is 4.79 Å². The van der Waals surface area contributed by atoms with Crippen molar-refractivity contribution in [2.75, 3.05) is 4.90 Å². The fourth-order valence-electron chi connectivity index (χ4n) is 2.33. The summed E-state index contributed by atoms with van der Waals surface area (Å²) in [5.74, 6) is 0. The molecular formula is C13H16ClNO. The van der Waals surface area contributed by atoms with Crippen molar-refractivity contribution in [3.8, 4) is 0 Å². The lowest BCUT2D eigenvalue weighted by atomic mass is 9.94. The number of hydrogen-bond donors (Lipinski definition) is 0. The average molecular weight is 238 g/mol. The van der Waals surface area contributed by atoms with E-state index in [0.29, 0.717) is 11.1 Å². The van der Waals surface area contributed by atoms with E-state index in [4.69, 9.17) is 11.6 Å². The molecule has 1 amide bonds.